The van der Waals surface area contributed by atoms with Gasteiger partial charge in [-0.3, -0.25) is 0 Å². The van der Waals surface area contributed by atoms with Crippen molar-refractivity contribution in [1.29, 1.82) is 0 Å². The lowest BCUT2D eigenvalue weighted by Crippen LogP contribution is -2.40. The van der Waals surface area contributed by atoms with Crippen LogP contribution in [0, 0.1) is 12.8 Å². The first-order valence-electron chi connectivity index (χ1n) is 8.67. The lowest BCUT2D eigenvalue weighted by Gasteiger charge is -2.21. The first-order chi connectivity index (χ1) is 11.7. The number of hydrogen-bond donors (Lipinski definition) is 1. The summed E-state index contributed by atoms with van der Waals surface area (Å²) in [6.07, 6.45) is 3.24. The van der Waals surface area contributed by atoms with Gasteiger partial charge in [-0.25, -0.2) is 9.98 Å². The van der Waals surface area contributed by atoms with Crippen molar-refractivity contribution in [3.05, 3.63) is 35.8 Å². The molecule has 0 amide bonds. The summed E-state index contributed by atoms with van der Waals surface area (Å²) in [4.78, 5) is 11.8. The number of fused-ring (bicyclic) bond motifs is 1. The first kappa shape index (κ1) is 20.0. The average Bonchev–Trinajstić information content (AvgIpc) is 3.19. The van der Waals surface area contributed by atoms with Crippen molar-refractivity contribution in [2.24, 2.45) is 10.9 Å². The van der Waals surface area contributed by atoms with E-state index >= 15 is 0 Å². The van der Waals surface area contributed by atoms with E-state index in [2.05, 4.69) is 45.7 Å². The van der Waals surface area contributed by atoms with Crippen LogP contribution in [0.5, 0.6) is 0 Å². The topological polar surface area (TPSA) is 54.2 Å². The van der Waals surface area contributed by atoms with E-state index in [1.54, 1.807) is 7.11 Å². The molecule has 2 aromatic heterocycles. The predicted octanol–water partition coefficient (Wildman–Crippen LogP) is 2.69. The normalized spacial score (nSPS) is 17.8. The molecule has 3 heterocycles. The van der Waals surface area contributed by atoms with Crippen molar-refractivity contribution >= 4 is 35.6 Å². The predicted molar refractivity (Wildman–Crippen MR) is 112 cm³/mol. The summed E-state index contributed by atoms with van der Waals surface area (Å²) in [5, 5.41) is 3.40. The molecule has 1 aliphatic rings. The minimum atomic E-state index is 0. The molecule has 1 aliphatic heterocycles. The highest BCUT2D eigenvalue weighted by Crippen LogP contribution is 2.17. The highest BCUT2D eigenvalue weighted by Gasteiger charge is 2.24. The quantitative estimate of drug-likeness (QED) is 0.426. The fourth-order valence-electron chi connectivity index (χ4n) is 3.25. The molecule has 1 fully saturated rings. The van der Waals surface area contributed by atoms with Crippen LogP contribution in [0.15, 0.2) is 29.4 Å². The summed E-state index contributed by atoms with van der Waals surface area (Å²) in [7, 11) is 1.77. The van der Waals surface area contributed by atoms with Gasteiger partial charge in [-0.15, -0.1) is 24.0 Å². The van der Waals surface area contributed by atoms with Crippen LogP contribution in [-0.4, -0.2) is 53.6 Å². The molecule has 0 aromatic carbocycles. The minimum Gasteiger partial charge on any atom is -0.384 e. The zero-order valence-corrected chi connectivity index (χ0v) is 17.6. The maximum atomic E-state index is 5.29. The Balaban J connectivity index is 0.00000225. The fraction of sp³-hybridized carbons (Fsp3) is 0.556. The number of nitrogens with one attached hydrogen (secondary N) is 1. The van der Waals surface area contributed by atoms with Gasteiger partial charge in [0.05, 0.1) is 18.8 Å². The summed E-state index contributed by atoms with van der Waals surface area (Å²) in [6, 6.07) is 6.15. The molecule has 1 atom stereocenters. The number of nitrogens with zero attached hydrogens (tertiary/aromatic N) is 4. The van der Waals surface area contributed by atoms with Crippen LogP contribution in [0.4, 0.5) is 0 Å². The summed E-state index contributed by atoms with van der Waals surface area (Å²) in [5.41, 5.74) is 3.16. The fourth-order valence-corrected chi connectivity index (χ4v) is 3.25. The number of imidazole rings is 1. The molecule has 0 bridgehead atoms. The Kier molecular flexibility index (Phi) is 7.49. The van der Waals surface area contributed by atoms with Crippen LogP contribution >= 0.6 is 24.0 Å². The largest absolute Gasteiger partial charge is 0.384 e. The number of pyridine rings is 1. The standard InChI is InChI=1S/C18H27N5O.HI/c1-4-19-18(22-9-8-15(11-22)13-24-3)20-10-16-12-23-14(2)6-5-7-17(23)21-16;/h5-7,12,15H,4,8-11,13H2,1-3H3,(H,19,20);1H. The number of ether oxygens (including phenoxy) is 1. The number of methoxy groups -OCH3 is 1. The van der Waals surface area contributed by atoms with Crippen molar-refractivity contribution in [2.75, 3.05) is 33.4 Å². The Morgan fingerprint density at radius 2 is 2.28 bits per heavy atom. The number of rotatable bonds is 5. The third-order valence-electron chi connectivity index (χ3n) is 4.46. The molecule has 6 nitrogen and oxygen atoms in total. The summed E-state index contributed by atoms with van der Waals surface area (Å²) in [6.45, 7) is 8.51. The number of hydrogen-bond acceptors (Lipinski definition) is 3. The Bertz CT molecular complexity index is 715. The molecule has 138 valence electrons. The highest BCUT2D eigenvalue weighted by atomic mass is 127. The zero-order valence-electron chi connectivity index (χ0n) is 15.2. The van der Waals surface area contributed by atoms with Gasteiger partial charge in [0.25, 0.3) is 0 Å². The van der Waals surface area contributed by atoms with Crippen molar-refractivity contribution in [1.82, 2.24) is 19.6 Å². The number of aryl methyl sites for hydroxylation is 1. The summed E-state index contributed by atoms with van der Waals surface area (Å²) >= 11 is 0. The number of likely N-dealkylation sites (tertiary alicyclic amines) is 1. The van der Waals surface area contributed by atoms with Crippen molar-refractivity contribution < 1.29 is 4.74 Å². The molecule has 0 saturated carbocycles. The number of aliphatic imine (C=N–C) groups is 1. The van der Waals surface area contributed by atoms with Gasteiger partial charge in [0, 0.05) is 44.6 Å². The highest BCUT2D eigenvalue weighted by molar-refractivity contribution is 14.0. The summed E-state index contributed by atoms with van der Waals surface area (Å²) < 4.78 is 7.40. The van der Waals surface area contributed by atoms with Gasteiger partial charge >= 0.3 is 0 Å². The van der Waals surface area contributed by atoms with Crippen LogP contribution in [0.2, 0.25) is 0 Å². The smallest absolute Gasteiger partial charge is 0.194 e. The van der Waals surface area contributed by atoms with Crippen molar-refractivity contribution in [3.63, 3.8) is 0 Å². The van der Waals surface area contributed by atoms with E-state index in [9.17, 15) is 0 Å². The molecule has 25 heavy (non-hydrogen) atoms. The monoisotopic (exact) mass is 457 g/mol. The second-order valence-corrected chi connectivity index (χ2v) is 6.35. The van der Waals surface area contributed by atoms with Crippen LogP contribution in [0.25, 0.3) is 5.65 Å². The van der Waals surface area contributed by atoms with Gasteiger partial charge in [-0.05, 0) is 32.4 Å². The number of aromatic nitrogens is 2. The molecule has 1 unspecified atom stereocenters. The van der Waals surface area contributed by atoms with E-state index in [0.717, 1.165) is 50.0 Å². The summed E-state index contributed by atoms with van der Waals surface area (Å²) in [5.74, 6) is 1.57. The van der Waals surface area contributed by atoms with E-state index in [0.29, 0.717) is 12.5 Å². The van der Waals surface area contributed by atoms with Gasteiger partial charge in [-0.1, -0.05) is 6.07 Å². The van der Waals surface area contributed by atoms with Crippen LogP contribution < -0.4 is 5.32 Å². The van der Waals surface area contributed by atoms with Gasteiger partial charge < -0.3 is 19.4 Å². The SMILES string of the molecule is CCNC(=NCc1cn2c(C)cccc2n1)N1CCC(COC)C1.I. The molecule has 7 heteroatoms. The Hall–Kier alpha value is -1.35. The van der Waals surface area contributed by atoms with E-state index in [-0.39, 0.29) is 24.0 Å². The lowest BCUT2D eigenvalue weighted by molar-refractivity contribution is 0.157. The van der Waals surface area contributed by atoms with E-state index < -0.39 is 0 Å². The van der Waals surface area contributed by atoms with E-state index in [1.807, 2.05) is 12.1 Å². The molecular weight excluding hydrogens is 429 g/mol. The number of halogens is 1. The molecular formula is C18H28IN5O. The van der Waals surface area contributed by atoms with Gasteiger partial charge in [0.15, 0.2) is 5.96 Å². The molecule has 0 spiro atoms. The Morgan fingerprint density at radius 3 is 3.00 bits per heavy atom. The minimum absolute atomic E-state index is 0. The molecule has 0 aliphatic carbocycles. The van der Waals surface area contributed by atoms with Crippen molar-refractivity contribution in [2.45, 2.75) is 26.8 Å². The van der Waals surface area contributed by atoms with Crippen LogP contribution in [-0.2, 0) is 11.3 Å². The molecule has 1 N–H and O–H groups in total. The Labute approximate surface area is 166 Å². The van der Waals surface area contributed by atoms with Crippen LogP contribution in [0.3, 0.4) is 0 Å². The van der Waals surface area contributed by atoms with Gasteiger partial charge in [0.2, 0.25) is 0 Å². The second-order valence-electron chi connectivity index (χ2n) is 6.35. The lowest BCUT2D eigenvalue weighted by atomic mass is 10.1. The zero-order chi connectivity index (χ0) is 16.9. The third-order valence-corrected chi connectivity index (χ3v) is 4.46. The third kappa shape index (κ3) is 4.84. The van der Waals surface area contributed by atoms with Crippen molar-refractivity contribution in [3.8, 4) is 0 Å². The van der Waals surface area contributed by atoms with Gasteiger partial charge in [-0.2, -0.15) is 0 Å². The second kappa shape index (κ2) is 9.38. The maximum absolute atomic E-state index is 5.29. The molecule has 1 saturated heterocycles. The molecule has 3 rings (SSSR count). The van der Waals surface area contributed by atoms with E-state index in [4.69, 9.17) is 9.73 Å². The molecule has 2 aromatic rings. The van der Waals surface area contributed by atoms with E-state index in [1.165, 1.54) is 5.69 Å². The Morgan fingerprint density at radius 1 is 1.44 bits per heavy atom. The average molecular weight is 457 g/mol. The van der Waals surface area contributed by atoms with Crippen LogP contribution in [0.1, 0.15) is 24.7 Å². The molecule has 0 radical (unpaired) electrons. The van der Waals surface area contributed by atoms with Gasteiger partial charge in [0.1, 0.15) is 5.65 Å². The first-order valence-corrected chi connectivity index (χ1v) is 8.67. The maximum Gasteiger partial charge on any atom is 0.194 e. The number of guanidine groups is 1.